The van der Waals surface area contributed by atoms with Crippen LogP contribution in [0.2, 0.25) is 0 Å². The lowest BCUT2D eigenvalue weighted by atomic mass is 9.95. The molecule has 1 aromatic rings. The molecule has 9 heteroatoms. The Labute approximate surface area is 152 Å². The Balaban J connectivity index is 1.72. The molecule has 3 atom stereocenters. The molecule has 0 radical (unpaired) electrons. The maximum atomic E-state index is 12.4. The summed E-state index contributed by atoms with van der Waals surface area (Å²) in [7, 11) is 0. The zero-order valence-corrected chi connectivity index (χ0v) is 14.9. The van der Waals surface area contributed by atoms with Gasteiger partial charge in [-0.1, -0.05) is 13.0 Å². The Bertz CT molecular complexity index is 759. The Morgan fingerprint density at radius 3 is 2.72 bits per heavy atom. The summed E-state index contributed by atoms with van der Waals surface area (Å²) in [6.07, 6.45) is 0.348. The van der Waals surface area contributed by atoms with E-state index in [1.807, 2.05) is 17.5 Å². The number of nitrogens with zero attached hydrogens (tertiary/aromatic N) is 1. The van der Waals surface area contributed by atoms with Crippen molar-refractivity contribution in [1.29, 1.82) is 0 Å². The summed E-state index contributed by atoms with van der Waals surface area (Å²) in [5, 5.41) is 15.0. The van der Waals surface area contributed by atoms with Crippen LogP contribution in [0.25, 0.3) is 0 Å². The van der Waals surface area contributed by atoms with Crippen molar-refractivity contribution >= 4 is 46.7 Å². The van der Waals surface area contributed by atoms with E-state index in [9.17, 15) is 24.3 Å². The number of thiophene rings is 1. The molecule has 1 aromatic heterocycles. The zero-order valence-electron chi connectivity index (χ0n) is 13.3. The fourth-order valence-electron chi connectivity index (χ4n) is 2.87. The molecule has 3 heterocycles. The molecule has 2 aliphatic heterocycles. The SMILES string of the molecule is CCC(=O)C1=CS[C@H]2C(NC(=O)Cc3cccs3)C(=O)N2C1C(=O)O. The lowest BCUT2D eigenvalue weighted by Gasteiger charge is -2.51. The van der Waals surface area contributed by atoms with Crippen molar-refractivity contribution in [2.75, 3.05) is 0 Å². The smallest absolute Gasteiger partial charge is 0.331 e. The molecule has 0 saturated carbocycles. The Morgan fingerprint density at radius 2 is 2.12 bits per heavy atom. The van der Waals surface area contributed by atoms with Gasteiger partial charge in [0.15, 0.2) is 11.8 Å². The van der Waals surface area contributed by atoms with Gasteiger partial charge in [0.2, 0.25) is 11.8 Å². The molecule has 132 valence electrons. The Kier molecular flexibility index (Phi) is 4.96. The summed E-state index contributed by atoms with van der Waals surface area (Å²) < 4.78 is 0. The van der Waals surface area contributed by atoms with Gasteiger partial charge in [-0.2, -0.15) is 0 Å². The van der Waals surface area contributed by atoms with E-state index in [0.29, 0.717) is 0 Å². The number of carbonyl (C=O) groups excluding carboxylic acids is 3. The van der Waals surface area contributed by atoms with E-state index in [1.54, 1.807) is 6.92 Å². The monoisotopic (exact) mass is 380 g/mol. The second-order valence-corrected chi connectivity index (χ2v) is 7.69. The summed E-state index contributed by atoms with van der Waals surface area (Å²) in [4.78, 5) is 50.1. The van der Waals surface area contributed by atoms with Gasteiger partial charge < -0.3 is 15.3 Å². The summed E-state index contributed by atoms with van der Waals surface area (Å²) in [6, 6.07) is 1.63. The number of thioether (sulfide) groups is 1. The number of ketones is 1. The van der Waals surface area contributed by atoms with Crippen molar-refractivity contribution in [3.05, 3.63) is 33.4 Å². The average Bonchev–Trinajstić information content (AvgIpc) is 3.10. The van der Waals surface area contributed by atoms with Gasteiger partial charge in [0.05, 0.1) is 6.42 Å². The van der Waals surface area contributed by atoms with Gasteiger partial charge in [-0.3, -0.25) is 14.4 Å². The molecular formula is C16H16N2O5S2. The number of carboxylic acids is 1. The Hall–Kier alpha value is -2.13. The van der Waals surface area contributed by atoms with Crippen LogP contribution in [0.4, 0.5) is 0 Å². The number of carboxylic acid groups (broad SMARTS) is 1. The van der Waals surface area contributed by atoms with E-state index in [-0.39, 0.29) is 30.1 Å². The minimum atomic E-state index is -1.28. The van der Waals surface area contributed by atoms with Crippen LogP contribution < -0.4 is 5.32 Å². The van der Waals surface area contributed by atoms with Crippen molar-refractivity contribution in [3.63, 3.8) is 0 Å². The van der Waals surface area contributed by atoms with Crippen LogP contribution in [0, 0.1) is 0 Å². The number of aliphatic carboxylic acids is 1. The molecule has 1 saturated heterocycles. The number of hydrogen-bond donors (Lipinski definition) is 2. The first kappa shape index (κ1) is 17.7. The second kappa shape index (κ2) is 7.01. The molecule has 25 heavy (non-hydrogen) atoms. The number of amides is 2. The van der Waals surface area contributed by atoms with E-state index < -0.39 is 29.3 Å². The van der Waals surface area contributed by atoms with Crippen LogP contribution in [0.3, 0.4) is 0 Å². The van der Waals surface area contributed by atoms with Crippen LogP contribution >= 0.6 is 23.1 Å². The molecule has 2 amide bonds. The topological polar surface area (TPSA) is 104 Å². The fourth-order valence-corrected chi connectivity index (χ4v) is 4.81. The molecule has 0 spiro atoms. The van der Waals surface area contributed by atoms with Crippen molar-refractivity contribution in [1.82, 2.24) is 10.2 Å². The molecule has 2 N–H and O–H groups in total. The van der Waals surface area contributed by atoms with Crippen LogP contribution in [0.5, 0.6) is 0 Å². The second-order valence-electron chi connectivity index (χ2n) is 5.66. The van der Waals surface area contributed by atoms with Gasteiger partial charge >= 0.3 is 5.97 Å². The maximum Gasteiger partial charge on any atom is 0.331 e. The summed E-state index contributed by atoms with van der Waals surface area (Å²) in [6.45, 7) is 1.64. The first-order valence-electron chi connectivity index (χ1n) is 7.69. The number of rotatable bonds is 6. The average molecular weight is 380 g/mol. The lowest BCUT2D eigenvalue weighted by molar-refractivity contribution is -0.160. The molecule has 3 rings (SSSR count). The van der Waals surface area contributed by atoms with Gasteiger partial charge in [-0.25, -0.2) is 4.79 Å². The molecular weight excluding hydrogens is 364 g/mol. The lowest BCUT2D eigenvalue weighted by Crippen LogP contribution is -2.74. The number of fused-ring (bicyclic) bond motifs is 1. The van der Waals surface area contributed by atoms with Gasteiger partial charge in [0, 0.05) is 16.9 Å². The zero-order chi connectivity index (χ0) is 18.1. The third-order valence-electron chi connectivity index (χ3n) is 4.10. The molecule has 0 aliphatic carbocycles. The van der Waals surface area contributed by atoms with Crippen LogP contribution in [0.1, 0.15) is 18.2 Å². The molecule has 0 aromatic carbocycles. The van der Waals surface area contributed by atoms with Crippen molar-refractivity contribution < 1.29 is 24.3 Å². The van der Waals surface area contributed by atoms with Gasteiger partial charge in [0.25, 0.3) is 0 Å². The minimum Gasteiger partial charge on any atom is -0.479 e. The molecule has 1 fully saturated rings. The van der Waals surface area contributed by atoms with Crippen molar-refractivity contribution in [2.24, 2.45) is 0 Å². The molecule has 2 aliphatic rings. The molecule has 2 unspecified atom stereocenters. The highest BCUT2D eigenvalue weighted by atomic mass is 32.2. The van der Waals surface area contributed by atoms with Gasteiger partial charge in [-0.05, 0) is 16.9 Å². The van der Waals surface area contributed by atoms with Gasteiger partial charge in [0.1, 0.15) is 11.4 Å². The highest BCUT2D eigenvalue weighted by molar-refractivity contribution is 8.03. The number of β-lactam (4-membered cyclic amide) rings is 1. The van der Waals surface area contributed by atoms with Crippen molar-refractivity contribution in [3.8, 4) is 0 Å². The van der Waals surface area contributed by atoms with Crippen LogP contribution in [-0.4, -0.2) is 51.0 Å². The third kappa shape index (κ3) is 3.21. The third-order valence-corrected chi connectivity index (χ3v) is 6.14. The quantitative estimate of drug-likeness (QED) is 0.714. The highest BCUT2D eigenvalue weighted by Gasteiger charge is 2.56. The number of Topliss-reactive ketones (excluding diaryl/α,β-unsaturated/α-hetero) is 1. The number of nitrogens with one attached hydrogen (secondary N) is 1. The summed E-state index contributed by atoms with van der Waals surface area (Å²) in [5.41, 5.74) is 0.118. The van der Waals surface area contributed by atoms with E-state index in [1.165, 1.54) is 33.4 Å². The minimum absolute atomic E-state index is 0.118. The summed E-state index contributed by atoms with van der Waals surface area (Å²) >= 11 is 2.65. The Morgan fingerprint density at radius 1 is 1.36 bits per heavy atom. The normalized spacial score (nSPS) is 24.8. The van der Waals surface area contributed by atoms with Crippen molar-refractivity contribution in [2.45, 2.75) is 37.2 Å². The number of hydrogen-bond acceptors (Lipinski definition) is 6. The largest absolute Gasteiger partial charge is 0.479 e. The summed E-state index contributed by atoms with van der Waals surface area (Å²) in [5.74, 6) is -2.29. The highest BCUT2D eigenvalue weighted by Crippen LogP contribution is 2.40. The molecule has 0 bridgehead atoms. The van der Waals surface area contributed by atoms with E-state index >= 15 is 0 Å². The number of carbonyl (C=O) groups is 4. The first-order chi connectivity index (χ1) is 11.9. The fraction of sp³-hybridized carbons (Fsp3) is 0.375. The van der Waals surface area contributed by atoms with E-state index in [2.05, 4.69) is 5.32 Å². The van der Waals surface area contributed by atoms with E-state index in [4.69, 9.17) is 0 Å². The first-order valence-corrected chi connectivity index (χ1v) is 9.51. The predicted molar refractivity (Wildman–Crippen MR) is 93.0 cm³/mol. The van der Waals surface area contributed by atoms with Crippen LogP contribution in [0.15, 0.2) is 28.5 Å². The predicted octanol–water partition coefficient (Wildman–Crippen LogP) is 1.01. The van der Waals surface area contributed by atoms with Gasteiger partial charge in [-0.15, -0.1) is 23.1 Å². The van der Waals surface area contributed by atoms with E-state index in [0.717, 1.165) is 4.88 Å². The van der Waals surface area contributed by atoms with Crippen LogP contribution in [-0.2, 0) is 25.6 Å². The molecule has 7 nitrogen and oxygen atoms in total. The maximum absolute atomic E-state index is 12.4. The standard InChI is InChI=1S/C16H16N2O5S2/c1-2-10(19)9-7-25-15-12(14(21)18(15)13(9)16(22)23)17-11(20)6-8-4-3-5-24-8/h3-5,7,12-13,15H,2,6H2,1H3,(H,17,20)(H,22,23)/t12?,13?,15-/m0/s1.